The SMILES string of the molecule is O=C(c1ccc(N2CCNCC2)c(NS(=O)(=O)c2cccs2)c1)N1CCC(N2CCCCC2)CC1. The van der Waals surface area contributed by atoms with Gasteiger partial charge in [-0.3, -0.25) is 9.52 Å². The van der Waals surface area contributed by atoms with E-state index in [0.29, 0.717) is 17.3 Å². The van der Waals surface area contributed by atoms with E-state index in [1.54, 1.807) is 23.6 Å². The van der Waals surface area contributed by atoms with Crippen molar-refractivity contribution >= 4 is 38.6 Å². The minimum Gasteiger partial charge on any atom is -0.367 e. The molecule has 0 unspecified atom stereocenters. The van der Waals surface area contributed by atoms with Gasteiger partial charge < -0.3 is 20.0 Å². The summed E-state index contributed by atoms with van der Waals surface area (Å²) in [5.74, 6) is -0.0227. The third kappa shape index (κ3) is 5.66. The first-order chi connectivity index (χ1) is 17.0. The standard InChI is InChI=1S/C25H35N5O3S2/c31-25(30-14-8-21(9-15-30)28-12-2-1-3-13-28)20-6-7-23(29-16-10-26-11-17-29)22(19-20)27-35(32,33)24-5-4-18-34-24/h4-7,18-19,21,26-27H,1-3,8-17H2. The summed E-state index contributed by atoms with van der Waals surface area (Å²) < 4.78 is 29.1. The van der Waals surface area contributed by atoms with Crippen LogP contribution in [0, 0.1) is 0 Å². The largest absolute Gasteiger partial charge is 0.367 e. The fourth-order valence-electron chi connectivity index (χ4n) is 5.44. The van der Waals surface area contributed by atoms with E-state index < -0.39 is 10.0 Å². The van der Waals surface area contributed by atoms with Crippen molar-refractivity contribution < 1.29 is 13.2 Å². The molecule has 0 aliphatic carbocycles. The van der Waals surface area contributed by atoms with Gasteiger partial charge in [0.2, 0.25) is 0 Å². The molecule has 0 spiro atoms. The Labute approximate surface area is 212 Å². The maximum absolute atomic E-state index is 13.4. The summed E-state index contributed by atoms with van der Waals surface area (Å²) in [5.41, 5.74) is 1.81. The molecule has 1 aromatic heterocycles. The molecule has 0 bridgehead atoms. The van der Waals surface area contributed by atoms with Gasteiger partial charge in [0.05, 0.1) is 11.4 Å². The van der Waals surface area contributed by atoms with Gasteiger partial charge in [-0.15, -0.1) is 11.3 Å². The number of carbonyl (C=O) groups excluding carboxylic acids is 1. The first-order valence-electron chi connectivity index (χ1n) is 12.7. The monoisotopic (exact) mass is 517 g/mol. The number of thiophene rings is 1. The molecule has 5 rings (SSSR count). The quantitative estimate of drug-likeness (QED) is 0.613. The number of benzene rings is 1. The van der Waals surface area contributed by atoms with Crippen molar-refractivity contribution in [3.05, 3.63) is 41.3 Å². The molecule has 8 nitrogen and oxygen atoms in total. The van der Waals surface area contributed by atoms with Gasteiger partial charge in [-0.05, 0) is 68.4 Å². The Morgan fingerprint density at radius 2 is 1.71 bits per heavy atom. The topological polar surface area (TPSA) is 85.0 Å². The number of piperidine rings is 2. The van der Waals surface area contributed by atoms with Crippen LogP contribution in [0.4, 0.5) is 11.4 Å². The zero-order chi connectivity index (χ0) is 24.3. The second-order valence-electron chi connectivity index (χ2n) is 9.63. The first kappa shape index (κ1) is 24.5. The van der Waals surface area contributed by atoms with Crippen LogP contribution in [0.15, 0.2) is 39.9 Å². The third-order valence-electron chi connectivity index (χ3n) is 7.36. The van der Waals surface area contributed by atoms with Crippen LogP contribution in [0.3, 0.4) is 0 Å². The van der Waals surface area contributed by atoms with Crippen LogP contribution in [0.2, 0.25) is 0 Å². The Morgan fingerprint density at radius 1 is 0.971 bits per heavy atom. The number of likely N-dealkylation sites (tertiary alicyclic amines) is 2. The van der Waals surface area contributed by atoms with Crippen molar-refractivity contribution in [2.45, 2.75) is 42.4 Å². The molecule has 0 saturated carbocycles. The third-order valence-corrected chi connectivity index (χ3v) is 10.1. The fourth-order valence-corrected chi connectivity index (χ4v) is 7.50. The van der Waals surface area contributed by atoms with Crippen LogP contribution in [-0.2, 0) is 10.0 Å². The predicted molar refractivity (Wildman–Crippen MR) is 141 cm³/mol. The lowest BCUT2D eigenvalue weighted by Crippen LogP contribution is -2.48. The van der Waals surface area contributed by atoms with Crippen molar-refractivity contribution in [2.24, 2.45) is 0 Å². The van der Waals surface area contributed by atoms with Gasteiger partial charge >= 0.3 is 0 Å². The Morgan fingerprint density at radius 3 is 2.40 bits per heavy atom. The van der Waals surface area contributed by atoms with Crippen LogP contribution in [0.5, 0.6) is 0 Å². The predicted octanol–water partition coefficient (Wildman–Crippen LogP) is 3.05. The molecular formula is C25H35N5O3S2. The number of rotatable bonds is 6. The van der Waals surface area contributed by atoms with Crippen LogP contribution >= 0.6 is 11.3 Å². The second-order valence-corrected chi connectivity index (χ2v) is 12.5. The van der Waals surface area contributed by atoms with Crippen molar-refractivity contribution in [3.8, 4) is 0 Å². The van der Waals surface area contributed by atoms with E-state index in [9.17, 15) is 13.2 Å². The number of nitrogens with one attached hydrogen (secondary N) is 2. The number of hydrogen-bond donors (Lipinski definition) is 2. The molecule has 3 aliphatic rings. The molecule has 1 aromatic carbocycles. The molecule has 190 valence electrons. The average Bonchev–Trinajstić information content (AvgIpc) is 3.46. The minimum absolute atomic E-state index is 0.0227. The number of nitrogens with zero attached hydrogens (tertiary/aromatic N) is 3. The van der Waals surface area contributed by atoms with E-state index in [2.05, 4.69) is 19.8 Å². The van der Waals surface area contributed by atoms with Crippen LogP contribution in [0.25, 0.3) is 0 Å². The van der Waals surface area contributed by atoms with Crippen molar-refractivity contribution in [1.82, 2.24) is 15.1 Å². The summed E-state index contributed by atoms with van der Waals surface area (Å²) >= 11 is 1.18. The van der Waals surface area contributed by atoms with E-state index in [1.807, 2.05) is 17.0 Å². The number of piperazine rings is 1. The van der Waals surface area contributed by atoms with Gasteiger partial charge in [-0.2, -0.15) is 0 Å². The maximum atomic E-state index is 13.4. The molecule has 2 aromatic rings. The smallest absolute Gasteiger partial charge is 0.271 e. The molecule has 35 heavy (non-hydrogen) atoms. The zero-order valence-electron chi connectivity index (χ0n) is 20.1. The first-order valence-corrected chi connectivity index (χ1v) is 15.1. The lowest BCUT2D eigenvalue weighted by atomic mass is 9.99. The fraction of sp³-hybridized carbons (Fsp3) is 0.560. The van der Waals surface area contributed by atoms with Gasteiger partial charge in [0.25, 0.3) is 15.9 Å². The van der Waals surface area contributed by atoms with Crippen LogP contribution in [-0.4, -0.2) is 82.5 Å². The summed E-state index contributed by atoms with van der Waals surface area (Å²) in [4.78, 5) is 20.1. The van der Waals surface area contributed by atoms with Crippen molar-refractivity contribution in [2.75, 3.05) is 62.0 Å². The normalized spacial score (nSPS) is 20.7. The Kier molecular flexibility index (Phi) is 7.62. The highest BCUT2D eigenvalue weighted by Crippen LogP contribution is 2.32. The zero-order valence-corrected chi connectivity index (χ0v) is 21.7. The number of sulfonamides is 1. The Bertz CT molecular complexity index is 1100. The van der Waals surface area contributed by atoms with Crippen molar-refractivity contribution in [1.29, 1.82) is 0 Å². The molecule has 0 radical (unpaired) electrons. The molecule has 2 N–H and O–H groups in total. The van der Waals surface area contributed by atoms with Gasteiger partial charge in [-0.1, -0.05) is 12.5 Å². The molecule has 1 amide bonds. The summed E-state index contributed by atoms with van der Waals surface area (Å²) in [6, 6.07) is 9.36. The van der Waals surface area contributed by atoms with Gasteiger partial charge in [0.15, 0.2) is 0 Å². The highest BCUT2D eigenvalue weighted by molar-refractivity contribution is 7.94. The van der Waals surface area contributed by atoms with Crippen LogP contribution < -0.4 is 14.9 Å². The number of amides is 1. The van der Waals surface area contributed by atoms with E-state index >= 15 is 0 Å². The minimum atomic E-state index is -3.72. The Balaban J connectivity index is 1.34. The lowest BCUT2D eigenvalue weighted by Gasteiger charge is -2.40. The van der Waals surface area contributed by atoms with E-state index in [4.69, 9.17) is 0 Å². The Hall–Kier alpha value is -2.14. The maximum Gasteiger partial charge on any atom is 0.271 e. The van der Waals surface area contributed by atoms with Crippen molar-refractivity contribution in [3.63, 3.8) is 0 Å². The molecule has 10 heteroatoms. The summed E-state index contributed by atoms with van der Waals surface area (Å²) in [6.45, 7) is 7.09. The summed E-state index contributed by atoms with van der Waals surface area (Å²) in [5, 5.41) is 5.08. The molecule has 3 fully saturated rings. The molecule has 3 saturated heterocycles. The van der Waals surface area contributed by atoms with E-state index in [1.165, 1.54) is 43.7 Å². The summed E-state index contributed by atoms with van der Waals surface area (Å²) in [7, 11) is -3.72. The van der Waals surface area contributed by atoms with E-state index in [-0.39, 0.29) is 10.1 Å². The van der Waals surface area contributed by atoms with Gasteiger partial charge in [0.1, 0.15) is 4.21 Å². The molecule has 4 heterocycles. The van der Waals surface area contributed by atoms with E-state index in [0.717, 1.165) is 57.8 Å². The lowest BCUT2D eigenvalue weighted by molar-refractivity contribution is 0.0590. The number of hydrogen-bond acceptors (Lipinski definition) is 7. The average molecular weight is 518 g/mol. The molecule has 3 aliphatic heterocycles. The summed E-state index contributed by atoms with van der Waals surface area (Å²) in [6.07, 6.45) is 5.90. The van der Waals surface area contributed by atoms with Crippen LogP contribution in [0.1, 0.15) is 42.5 Å². The molecule has 0 atom stereocenters. The highest BCUT2D eigenvalue weighted by Gasteiger charge is 2.29. The number of anilines is 2. The highest BCUT2D eigenvalue weighted by atomic mass is 32.2. The van der Waals surface area contributed by atoms with Gasteiger partial charge in [0, 0.05) is 50.9 Å². The second kappa shape index (κ2) is 10.9. The molecular weight excluding hydrogens is 482 g/mol. The van der Waals surface area contributed by atoms with Gasteiger partial charge in [-0.25, -0.2) is 8.42 Å². The number of carbonyl (C=O) groups is 1.